The van der Waals surface area contributed by atoms with Crippen LogP contribution in [0.15, 0.2) is 18.2 Å². The van der Waals surface area contributed by atoms with Gasteiger partial charge >= 0.3 is 0 Å². The lowest BCUT2D eigenvalue weighted by atomic mass is 10.1. The fraction of sp³-hybridized carbons (Fsp3) is 0.600. The monoisotopic (exact) mass is 250 g/mol. The topological polar surface area (TPSA) is 15.3 Å². The number of halogens is 1. The maximum absolute atomic E-state index is 14.2. The largest absolute Gasteiger partial charge is 0.366 e. The van der Waals surface area contributed by atoms with E-state index in [1.54, 1.807) is 6.07 Å². The molecular weight excluding hydrogens is 227 g/mol. The highest BCUT2D eigenvalue weighted by atomic mass is 19.1. The summed E-state index contributed by atoms with van der Waals surface area (Å²) in [6, 6.07) is 6.30. The zero-order chi connectivity index (χ0) is 13.1. The Hall–Kier alpha value is -1.09. The lowest BCUT2D eigenvalue weighted by Gasteiger charge is -2.25. The third kappa shape index (κ3) is 2.66. The van der Waals surface area contributed by atoms with Crippen molar-refractivity contribution in [3.8, 4) is 0 Å². The van der Waals surface area contributed by atoms with Gasteiger partial charge in [0, 0.05) is 18.6 Å². The normalized spacial score (nSPS) is 21.3. The van der Waals surface area contributed by atoms with E-state index in [-0.39, 0.29) is 11.9 Å². The van der Waals surface area contributed by atoms with Crippen LogP contribution in [0.3, 0.4) is 0 Å². The summed E-state index contributed by atoms with van der Waals surface area (Å²) >= 11 is 0. The molecule has 1 saturated heterocycles. The van der Waals surface area contributed by atoms with Gasteiger partial charge in [0.25, 0.3) is 0 Å². The second kappa shape index (κ2) is 5.70. The minimum atomic E-state index is -0.0917. The summed E-state index contributed by atoms with van der Waals surface area (Å²) in [6.45, 7) is 8.17. The molecule has 2 unspecified atom stereocenters. The zero-order valence-electron chi connectivity index (χ0n) is 11.5. The van der Waals surface area contributed by atoms with E-state index in [1.165, 1.54) is 0 Å². The fourth-order valence-corrected chi connectivity index (χ4v) is 2.74. The van der Waals surface area contributed by atoms with Crippen molar-refractivity contribution < 1.29 is 4.39 Å². The van der Waals surface area contributed by atoms with Gasteiger partial charge < -0.3 is 10.2 Å². The molecule has 18 heavy (non-hydrogen) atoms. The number of hydrogen-bond acceptors (Lipinski definition) is 2. The second-order valence-electron chi connectivity index (χ2n) is 5.17. The summed E-state index contributed by atoms with van der Waals surface area (Å²) < 4.78 is 14.2. The van der Waals surface area contributed by atoms with Crippen molar-refractivity contribution in [1.29, 1.82) is 0 Å². The van der Waals surface area contributed by atoms with Crippen LogP contribution in [0.4, 0.5) is 10.1 Å². The molecule has 3 heteroatoms. The van der Waals surface area contributed by atoms with Gasteiger partial charge in [-0.15, -0.1) is 0 Å². The highest BCUT2D eigenvalue weighted by Crippen LogP contribution is 2.29. The van der Waals surface area contributed by atoms with Gasteiger partial charge in [0.1, 0.15) is 5.82 Å². The summed E-state index contributed by atoms with van der Waals surface area (Å²) in [5.74, 6) is -0.0917. The molecule has 1 aromatic rings. The molecular formula is C15H23FN2. The summed E-state index contributed by atoms with van der Waals surface area (Å²) in [6.07, 6.45) is 2.32. The lowest BCUT2D eigenvalue weighted by molar-refractivity contribution is 0.579. The van der Waals surface area contributed by atoms with Crippen LogP contribution < -0.4 is 10.2 Å². The highest BCUT2D eigenvalue weighted by Gasteiger charge is 2.23. The first-order valence-corrected chi connectivity index (χ1v) is 6.93. The SMILES string of the molecule is CCNC(C)c1ccc(N2CCCC2C)c(F)c1. The molecule has 1 aliphatic rings. The molecule has 1 N–H and O–H groups in total. The Balaban J connectivity index is 2.19. The van der Waals surface area contributed by atoms with Crippen molar-refractivity contribution in [2.45, 2.75) is 45.7 Å². The van der Waals surface area contributed by atoms with E-state index in [2.05, 4.69) is 31.0 Å². The van der Waals surface area contributed by atoms with Crippen LogP contribution in [0.5, 0.6) is 0 Å². The van der Waals surface area contributed by atoms with Gasteiger partial charge in [-0.2, -0.15) is 0 Å². The third-order valence-corrected chi connectivity index (χ3v) is 3.84. The maximum Gasteiger partial charge on any atom is 0.146 e. The molecule has 1 aliphatic heterocycles. The lowest BCUT2D eigenvalue weighted by Crippen LogP contribution is -2.27. The van der Waals surface area contributed by atoms with Crippen LogP contribution >= 0.6 is 0 Å². The minimum Gasteiger partial charge on any atom is -0.366 e. The van der Waals surface area contributed by atoms with E-state index in [0.29, 0.717) is 6.04 Å². The number of anilines is 1. The van der Waals surface area contributed by atoms with Crippen molar-refractivity contribution in [3.63, 3.8) is 0 Å². The van der Waals surface area contributed by atoms with Crippen LogP contribution in [0.2, 0.25) is 0 Å². The van der Waals surface area contributed by atoms with Crippen molar-refractivity contribution in [2.24, 2.45) is 0 Å². The Labute approximate surface area is 109 Å². The van der Waals surface area contributed by atoms with Gasteiger partial charge in [0.2, 0.25) is 0 Å². The van der Waals surface area contributed by atoms with Crippen LogP contribution in [-0.4, -0.2) is 19.1 Å². The molecule has 0 amide bonds. The van der Waals surface area contributed by atoms with Crippen LogP contribution in [0.25, 0.3) is 0 Å². The van der Waals surface area contributed by atoms with Gasteiger partial charge in [0.05, 0.1) is 5.69 Å². The molecule has 0 aliphatic carbocycles. The minimum absolute atomic E-state index is 0.0917. The second-order valence-corrected chi connectivity index (χ2v) is 5.17. The maximum atomic E-state index is 14.2. The Bertz CT molecular complexity index is 405. The number of benzene rings is 1. The Kier molecular flexibility index (Phi) is 4.23. The summed E-state index contributed by atoms with van der Waals surface area (Å²) in [5.41, 5.74) is 1.78. The average Bonchev–Trinajstić information content (AvgIpc) is 2.75. The molecule has 100 valence electrons. The predicted molar refractivity (Wildman–Crippen MR) is 74.5 cm³/mol. The van der Waals surface area contributed by atoms with E-state index in [1.807, 2.05) is 12.1 Å². The molecule has 1 heterocycles. The molecule has 1 aromatic carbocycles. The van der Waals surface area contributed by atoms with Crippen molar-refractivity contribution in [2.75, 3.05) is 18.0 Å². The summed E-state index contributed by atoms with van der Waals surface area (Å²) in [5, 5.41) is 3.31. The third-order valence-electron chi connectivity index (χ3n) is 3.84. The highest BCUT2D eigenvalue weighted by molar-refractivity contribution is 5.51. The molecule has 1 fully saturated rings. The van der Waals surface area contributed by atoms with Crippen LogP contribution in [0.1, 0.15) is 45.2 Å². The van der Waals surface area contributed by atoms with Crippen LogP contribution in [-0.2, 0) is 0 Å². The molecule has 2 nitrogen and oxygen atoms in total. The summed E-state index contributed by atoms with van der Waals surface area (Å²) in [7, 11) is 0. The van der Waals surface area contributed by atoms with E-state index in [9.17, 15) is 4.39 Å². The number of nitrogens with zero attached hydrogens (tertiary/aromatic N) is 1. The summed E-state index contributed by atoms with van der Waals surface area (Å²) in [4.78, 5) is 2.18. The Morgan fingerprint density at radius 2 is 2.28 bits per heavy atom. The Morgan fingerprint density at radius 1 is 1.50 bits per heavy atom. The smallest absolute Gasteiger partial charge is 0.146 e. The van der Waals surface area contributed by atoms with Gasteiger partial charge in [-0.3, -0.25) is 0 Å². The van der Waals surface area contributed by atoms with E-state index in [0.717, 1.165) is 37.2 Å². The average molecular weight is 250 g/mol. The molecule has 2 atom stereocenters. The molecule has 0 spiro atoms. The van der Waals surface area contributed by atoms with Crippen LogP contribution in [0, 0.1) is 5.82 Å². The number of nitrogens with one attached hydrogen (secondary N) is 1. The first kappa shape index (κ1) is 13.3. The van der Waals surface area contributed by atoms with Crippen molar-refractivity contribution >= 4 is 5.69 Å². The molecule has 0 bridgehead atoms. The predicted octanol–water partition coefficient (Wildman–Crippen LogP) is 3.48. The van der Waals surface area contributed by atoms with Gasteiger partial charge in [-0.25, -0.2) is 4.39 Å². The fourth-order valence-electron chi connectivity index (χ4n) is 2.74. The van der Waals surface area contributed by atoms with Crippen molar-refractivity contribution in [3.05, 3.63) is 29.6 Å². The molecule has 2 rings (SSSR count). The van der Waals surface area contributed by atoms with E-state index < -0.39 is 0 Å². The van der Waals surface area contributed by atoms with Gasteiger partial charge in [0.15, 0.2) is 0 Å². The van der Waals surface area contributed by atoms with Gasteiger partial charge in [-0.1, -0.05) is 13.0 Å². The molecule has 0 radical (unpaired) electrons. The standard InChI is InChI=1S/C15H23FN2/c1-4-17-12(3)13-7-8-15(14(16)10-13)18-9-5-6-11(18)2/h7-8,10-12,17H,4-6,9H2,1-3H3. The van der Waals surface area contributed by atoms with Gasteiger partial charge in [-0.05, 0) is 50.9 Å². The first-order chi connectivity index (χ1) is 8.63. The van der Waals surface area contributed by atoms with E-state index >= 15 is 0 Å². The number of hydrogen-bond donors (Lipinski definition) is 1. The number of rotatable bonds is 4. The molecule has 0 aromatic heterocycles. The zero-order valence-corrected chi connectivity index (χ0v) is 11.5. The van der Waals surface area contributed by atoms with Crippen molar-refractivity contribution in [1.82, 2.24) is 5.32 Å². The molecule has 0 saturated carbocycles. The van der Waals surface area contributed by atoms with E-state index in [4.69, 9.17) is 0 Å². The first-order valence-electron chi connectivity index (χ1n) is 6.93. The quantitative estimate of drug-likeness (QED) is 0.880. The Morgan fingerprint density at radius 3 is 2.83 bits per heavy atom.